The number of rotatable bonds is 12. The minimum atomic E-state index is -0.577. The van der Waals surface area contributed by atoms with Gasteiger partial charge in [0.2, 0.25) is 5.91 Å². The molecule has 2 atom stereocenters. The van der Waals surface area contributed by atoms with Gasteiger partial charge in [-0.05, 0) is 58.4 Å². The van der Waals surface area contributed by atoms with Crippen molar-refractivity contribution in [1.82, 2.24) is 10.6 Å². The van der Waals surface area contributed by atoms with Gasteiger partial charge in [-0.15, -0.1) is 0 Å². The van der Waals surface area contributed by atoms with Crippen LogP contribution in [0.5, 0.6) is 0 Å². The summed E-state index contributed by atoms with van der Waals surface area (Å²) in [7, 11) is 0. The van der Waals surface area contributed by atoms with Gasteiger partial charge < -0.3 is 27.2 Å². The Hall–Kier alpha value is -4.30. The van der Waals surface area contributed by atoms with E-state index in [0.717, 1.165) is 33.4 Å². The van der Waals surface area contributed by atoms with Gasteiger partial charge >= 0.3 is 0 Å². The molecule has 0 heterocycles. The highest BCUT2D eigenvalue weighted by atomic mass is 16.3. The molecule has 4 aromatic carbocycles. The Kier molecular flexibility index (Phi) is 10.4. The summed E-state index contributed by atoms with van der Waals surface area (Å²) >= 11 is 0. The van der Waals surface area contributed by atoms with Crippen LogP contribution >= 0.6 is 0 Å². The molecule has 0 saturated carbocycles. The highest BCUT2D eigenvalue weighted by Crippen LogP contribution is 2.22. The second kappa shape index (κ2) is 14.4. The molecule has 0 aliphatic carbocycles. The molecule has 212 valence electrons. The lowest BCUT2D eigenvalue weighted by atomic mass is 9.88. The summed E-state index contributed by atoms with van der Waals surface area (Å²) in [6.07, 6.45) is 0.565. The lowest BCUT2D eigenvalue weighted by Gasteiger charge is -2.27. The van der Waals surface area contributed by atoms with E-state index in [1.807, 2.05) is 103 Å². The van der Waals surface area contributed by atoms with Crippen LogP contribution in [0.3, 0.4) is 0 Å². The molecule has 2 unspecified atom stereocenters. The first-order chi connectivity index (χ1) is 19.8. The van der Waals surface area contributed by atoms with Crippen molar-refractivity contribution in [3.8, 4) is 11.1 Å². The smallest absolute Gasteiger partial charge is 0.251 e. The highest BCUT2D eigenvalue weighted by Gasteiger charge is 2.24. The summed E-state index contributed by atoms with van der Waals surface area (Å²) in [5.41, 5.74) is 18.2. The molecule has 0 spiro atoms. The zero-order valence-electron chi connectivity index (χ0n) is 23.3. The summed E-state index contributed by atoms with van der Waals surface area (Å²) in [6.45, 7) is 1.89. The maximum Gasteiger partial charge on any atom is 0.251 e. The SMILES string of the molecule is CC(=O)NCc1ccc(-c2ccc(C(=O)NC(Cc3ccccc3)C(CO)Cc3cccc(C(N)N)c3)cc2)cc1. The summed E-state index contributed by atoms with van der Waals surface area (Å²) in [5.74, 6) is -0.484. The van der Waals surface area contributed by atoms with Gasteiger partial charge in [-0.25, -0.2) is 0 Å². The summed E-state index contributed by atoms with van der Waals surface area (Å²) in [5, 5.41) is 16.4. The van der Waals surface area contributed by atoms with Crippen molar-refractivity contribution in [3.05, 3.63) is 131 Å². The minimum Gasteiger partial charge on any atom is -0.396 e. The van der Waals surface area contributed by atoms with E-state index in [4.69, 9.17) is 11.5 Å². The second-order valence-electron chi connectivity index (χ2n) is 10.4. The number of aliphatic hydroxyl groups excluding tert-OH is 1. The molecule has 0 bridgehead atoms. The third-order valence-electron chi connectivity index (χ3n) is 7.23. The van der Waals surface area contributed by atoms with Gasteiger partial charge in [-0.2, -0.15) is 0 Å². The normalized spacial score (nSPS) is 12.5. The highest BCUT2D eigenvalue weighted by molar-refractivity contribution is 5.95. The molecule has 7 heteroatoms. The zero-order valence-corrected chi connectivity index (χ0v) is 23.3. The number of aliphatic hydroxyl groups is 1. The molecule has 0 aromatic heterocycles. The predicted octanol–water partition coefficient (Wildman–Crippen LogP) is 4.10. The first-order valence-corrected chi connectivity index (χ1v) is 13.8. The second-order valence-corrected chi connectivity index (χ2v) is 10.4. The van der Waals surface area contributed by atoms with E-state index >= 15 is 0 Å². The van der Waals surface area contributed by atoms with E-state index in [2.05, 4.69) is 10.6 Å². The van der Waals surface area contributed by atoms with Crippen LogP contribution in [0.1, 0.15) is 45.7 Å². The molecule has 0 fully saturated rings. The lowest BCUT2D eigenvalue weighted by Crippen LogP contribution is -2.44. The summed E-state index contributed by atoms with van der Waals surface area (Å²) in [4.78, 5) is 24.6. The van der Waals surface area contributed by atoms with Gasteiger partial charge in [0.1, 0.15) is 0 Å². The molecule has 0 aliphatic heterocycles. The quantitative estimate of drug-likeness (QED) is 0.170. The Balaban J connectivity index is 1.49. The maximum absolute atomic E-state index is 13.4. The number of hydrogen-bond donors (Lipinski definition) is 5. The van der Waals surface area contributed by atoms with Crippen LogP contribution in [0.15, 0.2) is 103 Å². The van der Waals surface area contributed by atoms with E-state index < -0.39 is 6.17 Å². The fourth-order valence-corrected chi connectivity index (χ4v) is 4.88. The van der Waals surface area contributed by atoms with Crippen LogP contribution in [-0.2, 0) is 24.2 Å². The van der Waals surface area contributed by atoms with Crippen molar-refractivity contribution in [3.63, 3.8) is 0 Å². The first kappa shape index (κ1) is 29.7. The summed E-state index contributed by atoms with van der Waals surface area (Å²) < 4.78 is 0. The van der Waals surface area contributed by atoms with E-state index in [1.54, 1.807) is 0 Å². The average molecular weight is 551 g/mol. The fraction of sp³-hybridized carbons (Fsp3) is 0.235. The molecule has 7 N–H and O–H groups in total. The first-order valence-electron chi connectivity index (χ1n) is 13.8. The molecule has 4 rings (SSSR count). The number of carbonyl (C=O) groups is 2. The Labute approximate surface area is 241 Å². The Bertz CT molecular complexity index is 1420. The van der Waals surface area contributed by atoms with Crippen LogP contribution < -0.4 is 22.1 Å². The van der Waals surface area contributed by atoms with Gasteiger partial charge in [0.25, 0.3) is 5.91 Å². The van der Waals surface area contributed by atoms with Crippen molar-refractivity contribution in [1.29, 1.82) is 0 Å². The molecule has 4 aromatic rings. The van der Waals surface area contributed by atoms with Crippen LogP contribution in [0.2, 0.25) is 0 Å². The number of hydrogen-bond acceptors (Lipinski definition) is 5. The van der Waals surface area contributed by atoms with Crippen LogP contribution in [0, 0.1) is 5.92 Å². The molecule has 0 aliphatic rings. The fourth-order valence-electron chi connectivity index (χ4n) is 4.88. The van der Waals surface area contributed by atoms with Crippen molar-refractivity contribution in [2.24, 2.45) is 17.4 Å². The third kappa shape index (κ3) is 8.59. The van der Waals surface area contributed by atoms with E-state index in [9.17, 15) is 14.7 Å². The number of benzene rings is 4. The van der Waals surface area contributed by atoms with Gasteiger partial charge in [-0.3, -0.25) is 9.59 Å². The van der Waals surface area contributed by atoms with Crippen LogP contribution in [0.25, 0.3) is 11.1 Å². The van der Waals surface area contributed by atoms with Crippen molar-refractivity contribution in [2.75, 3.05) is 6.61 Å². The maximum atomic E-state index is 13.4. The molecular weight excluding hydrogens is 512 g/mol. The molecule has 0 radical (unpaired) electrons. The van der Waals surface area contributed by atoms with Crippen LogP contribution in [0.4, 0.5) is 0 Å². The average Bonchev–Trinajstić information content (AvgIpc) is 2.99. The standard InChI is InChI=1S/C34H38N4O3/c1-23(40)37-21-25-10-12-27(13-11-25)28-14-16-29(17-15-28)34(41)38-32(20-24-6-3-2-4-7-24)31(22-39)19-26-8-5-9-30(18-26)33(35)36/h2-18,31-33,39H,19-22,35-36H2,1H3,(H,37,40)(H,38,41). The van der Waals surface area contributed by atoms with Gasteiger partial charge in [0.15, 0.2) is 0 Å². The Morgan fingerprint density at radius 3 is 2.00 bits per heavy atom. The molecule has 0 saturated heterocycles. The van der Waals surface area contributed by atoms with Crippen molar-refractivity contribution >= 4 is 11.8 Å². The zero-order chi connectivity index (χ0) is 29.2. The molecule has 2 amide bonds. The van der Waals surface area contributed by atoms with E-state index in [1.165, 1.54) is 6.92 Å². The van der Waals surface area contributed by atoms with Crippen molar-refractivity contribution in [2.45, 2.75) is 38.5 Å². The Morgan fingerprint density at radius 2 is 1.39 bits per heavy atom. The monoisotopic (exact) mass is 550 g/mol. The third-order valence-corrected chi connectivity index (χ3v) is 7.23. The largest absolute Gasteiger partial charge is 0.396 e. The van der Waals surface area contributed by atoms with Gasteiger partial charge in [0, 0.05) is 37.6 Å². The van der Waals surface area contributed by atoms with Crippen molar-refractivity contribution < 1.29 is 14.7 Å². The number of nitrogens with two attached hydrogens (primary N) is 2. The number of amides is 2. The predicted molar refractivity (Wildman–Crippen MR) is 163 cm³/mol. The molecular formula is C34H38N4O3. The Morgan fingerprint density at radius 1 is 0.756 bits per heavy atom. The summed E-state index contributed by atoms with van der Waals surface area (Å²) in [6, 6.07) is 32.8. The number of nitrogens with one attached hydrogen (secondary N) is 2. The van der Waals surface area contributed by atoms with Gasteiger partial charge in [0.05, 0.1) is 6.17 Å². The van der Waals surface area contributed by atoms with E-state index in [0.29, 0.717) is 24.9 Å². The lowest BCUT2D eigenvalue weighted by molar-refractivity contribution is -0.119. The molecule has 7 nitrogen and oxygen atoms in total. The number of carbonyl (C=O) groups excluding carboxylic acids is 2. The topological polar surface area (TPSA) is 130 Å². The molecule has 41 heavy (non-hydrogen) atoms. The minimum absolute atomic E-state index is 0.0650. The van der Waals surface area contributed by atoms with Gasteiger partial charge in [-0.1, -0.05) is 91.0 Å². The van der Waals surface area contributed by atoms with E-state index in [-0.39, 0.29) is 30.4 Å². The van der Waals surface area contributed by atoms with Crippen LogP contribution in [-0.4, -0.2) is 29.6 Å².